The molecule has 1 heterocycles. The van der Waals surface area contributed by atoms with Gasteiger partial charge in [0.25, 0.3) is 0 Å². The van der Waals surface area contributed by atoms with E-state index in [0.717, 1.165) is 12.1 Å². The quantitative estimate of drug-likeness (QED) is 0.618. The van der Waals surface area contributed by atoms with Crippen LogP contribution in [0.25, 0.3) is 11.3 Å². The number of aromatic nitrogens is 2. The van der Waals surface area contributed by atoms with Crippen molar-refractivity contribution in [3.8, 4) is 11.3 Å². The normalized spacial score (nSPS) is 12.0. The summed E-state index contributed by atoms with van der Waals surface area (Å²) in [6.45, 7) is 3.76. The first kappa shape index (κ1) is 15.6. The van der Waals surface area contributed by atoms with Gasteiger partial charge in [0.2, 0.25) is 0 Å². The van der Waals surface area contributed by atoms with Crippen molar-refractivity contribution in [3.05, 3.63) is 46.1 Å². The molecule has 0 aliphatic rings. The molecule has 112 valence electrons. The van der Waals surface area contributed by atoms with E-state index in [1.54, 1.807) is 0 Å². The third-order valence-corrected chi connectivity index (χ3v) is 3.10. The summed E-state index contributed by atoms with van der Waals surface area (Å²) < 4.78 is 51.8. The van der Waals surface area contributed by atoms with E-state index in [9.17, 15) is 17.6 Å². The Hall–Kier alpha value is -1.76. The van der Waals surface area contributed by atoms with Gasteiger partial charge in [-0.1, -0.05) is 26.1 Å². The van der Waals surface area contributed by atoms with Crippen LogP contribution in [0, 0.1) is 10.5 Å². The molecule has 0 saturated heterocycles. The van der Waals surface area contributed by atoms with Crippen LogP contribution in [0.3, 0.4) is 0 Å². The average molecular weight is 316 g/mol. The Bertz CT molecular complexity index is 720. The van der Waals surface area contributed by atoms with Gasteiger partial charge in [-0.3, -0.25) is 0 Å². The van der Waals surface area contributed by atoms with Crippen LogP contribution in [0.4, 0.5) is 17.6 Å². The number of benzene rings is 1. The zero-order valence-electron chi connectivity index (χ0n) is 11.3. The van der Waals surface area contributed by atoms with Crippen molar-refractivity contribution in [1.29, 1.82) is 0 Å². The molecule has 0 amide bonds. The van der Waals surface area contributed by atoms with Crippen molar-refractivity contribution in [1.82, 2.24) is 9.97 Å². The van der Waals surface area contributed by atoms with Gasteiger partial charge in [0.05, 0.1) is 5.56 Å². The second kappa shape index (κ2) is 5.55. The van der Waals surface area contributed by atoms with Gasteiger partial charge < -0.3 is 4.98 Å². The van der Waals surface area contributed by atoms with Gasteiger partial charge in [-0.25, -0.2) is 9.37 Å². The molecule has 0 atom stereocenters. The molecule has 1 aromatic heterocycles. The maximum Gasteiger partial charge on any atom is 0.419 e. The molecule has 0 unspecified atom stereocenters. The van der Waals surface area contributed by atoms with E-state index in [1.165, 1.54) is 12.1 Å². The molecule has 2 aromatic rings. The average Bonchev–Trinajstić information content (AvgIpc) is 2.37. The Morgan fingerprint density at radius 1 is 1.19 bits per heavy atom. The molecule has 0 aliphatic heterocycles. The molecule has 0 radical (unpaired) electrons. The highest BCUT2D eigenvalue weighted by atomic mass is 32.1. The van der Waals surface area contributed by atoms with Crippen LogP contribution >= 0.6 is 12.2 Å². The number of nitrogens with one attached hydrogen (secondary N) is 1. The zero-order valence-corrected chi connectivity index (χ0v) is 12.1. The number of rotatable bonds is 2. The van der Waals surface area contributed by atoms with Gasteiger partial charge in [-0.05, 0) is 29.8 Å². The van der Waals surface area contributed by atoms with Gasteiger partial charge in [0, 0.05) is 11.6 Å². The molecule has 0 bridgehead atoms. The Morgan fingerprint density at radius 3 is 2.43 bits per heavy atom. The van der Waals surface area contributed by atoms with Crippen molar-refractivity contribution in [2.24, 2.45) is 0 Å². The Labute approximate surface area is 123 Å². The minimum Gasteiger partial charge on any atom is -0.343 e. The highest BCUT2D eigenvalue weighted by molar-refractivity contribution is 7.71. The first-order chi connectivity index (χ1) is 9.68. The van der Waals surface area contributed by atoms with E-state index in [1.807, 2.05) is 13.8 Å². The Kier molecular flexibility index (Phi) is 4.13. The fourth-order valence-electron chi connectivity index (χ4n) is 1.82. The summed E-state index contributed by atoms with van der Waals surface area (Å²) in [7, 11) is 0. The monoisotopic (exact) mass is 316 g/mol. The van der Waals surface area contributed by atoms with E-state index in [4.69, 9.17) is 12.2 Å². The SMILES string of the molecule is CC(C)c1nc(=S)cc(-c2ccc(F)c(C(F)(F)F)c2)[nH]1. The van der Waals surface area contributed by atoms with Gasteiger partial charge in [0.15, 0.2) is 0 Å². The topological polar surface area (TPSA) is 28.7 Å². The molecule has 1 aromatic carbocycles. The van der Waals surface area contributed by atoms with Crippen molar-refractivity contribution >= 4 is 12.2 Å². The Balaban J connectivity index is 2.60. The Morgan fingerprint density at radius 2 is 1.86 bits per heavy atom. The summed E-state index contributed by atoms with van der Waals surface area (Å²) in [5.74, 6) is -0.701. The van der Waals surface area contributed by atoms with Crippen LogP contribution in [0.2, 0.25) is 0 Å². The first-order valence-electron chi connectivity index (χ1n) is 6.17. The molecule has 0 aliphatic carbocycles. The number of alkyl halides is 3. The number of hydrogen-bond donors (Lipinski definition) is 1. The third kappa shape index (κ3) is 3.47. The van der Waals surface area contributed by atoms with Crippen LogP contribution in [-0.2, 0) is 6.18 Å². The molecule has 2 rings (SSSR count). The predicted octanol–water partition coefficient (Wildman–Crippen LogP) is 5.09. The molecule has 2 nitrogen and oxygen atoms in total. The standard InChI is InChI=1S/C14H12F4N2S/c1-7(2)13-19-11(6-12(21)20-13)8-3-4-10(15)9(5-8)14(16,17)18/h3-7H,1-2H3,(H,19,20,21). The van der Waals surface area contributed by atoms with Crippen LogP contribution in [0.5, 0.6) is 0 Å². The summed E-state index contributed by atoms with van der Waals surface area (Å²) >= 11 is 5.01. The first-order valence-corrected chi connectivity index (χ1v) is 6.57. The number of aromatic amines is 1. The lowest BCUT2D eigenvalue weighted by atomic mass is 10.1. The van der Waals surface area contributed by atoms with Gasteiger partial charge in [-0.15, -0.1) is 0 Å². The fraction of sp³-hybridized carbons (Fsp3) is 0.286. The molecule has 1 N–H and O–H groups in total. The van der Waals surface area contributed by atoms with Gasteiger partial charge >= 0.3 is 6.18 Å². The lowest BCUT2D eigenvalue weighted by molar-refractivity contribution is -0.139. The van der Waals surface area contributed by atoms with E-state index in [2.05, 4.69) is 9.97 Å². The number of halogens is 4. The van der Waals surface area contributed by atoms with E-state index in [-0.39, 0.29) is 16.1 Å². The van der Waals surface area contributed by atoms with E-state index in [0.29, 0.717) is 11.5 Å². The van der Waals surface area contributed by atoms with Crippen molar-refractivity contribution in [2.75, 3.05) is 0 Å². The van der Waals surface area contributed by atoms with Crippen molar-refractivity contribution in [2.45, 2.75) is 25.9 Å². The summed E-state index contributed by atoms with van der Waals surface area (Å²) in [5.41, 5.74) is -0.717. The molecule has 7 heteroatoms. The van der Waals surface area contributed by atoms with Gasteiger partial charge in [0.1, 0.15) is 16.3 Å². The lowest BCUT2D eigenvalue weighted by Gasteiger charge is -2.12. The largest absolute Gasteiger partial charge is 0.419 e. The predicted molar refractivity (Wildman–Crippen MR) is 73.9 cm³/mol. The minimum atomic E-state index is -4.75. The summed E-state index contributed by atoms with van der Waals surface area (Å²) in [4.78, 5) is 7.04. The maximum absolute atomic E-state index is 13.3. The lowest BCUT2D eigenvalue weighted by Crippen LogP contribution is -2.08. The molecular formula is C14H12F4N2S. The zero-order chi connectivity index (χ0) is 15.8. The molecule has 21 heavy (non-hydrogen) atoms. The second-order valence-electron chi connectivity index (χ2n) is 4.87. The number of hydrogen-bond acceptors (Lipinski definition) is 2. The smallest absolute Gasteiger partial charge is 0.343 e. The summed E-state index contributed by atoms with van der Waals surface area (Å²) in [6.07, 6.45) is -4.75. The molecule has 0 spiro atoms. The van der Waals surface area contributed by atoms with E-state index >= 15 is 0 Å². The van der Waals surface area contributed by atoms with Crippen molar-refractivity contribution in [3.63, 3.8) is 0 Å². The highest BCUT2D eigenvalue weighted by Gasteiger charge is 2.34. The summed E-state index contributed by atoms with van der Waals surface area (Å²) in [6, 6.07) is 4.29. The fourth-order valence-corrected chi connectivity index (χ4v) is 2.03. The number of H-pyrrole nitrogens is 1. The highest BCUT2D eigenvalue weighted by Crippen LogP contribution is 2.34. The molecule has 0 saturated carbocycles. The summed E-state index contributed by atoms with van der Waals surface area (Å²) in [5, 5.41) is 0. The third-order valence-electron chi connectivity index (χ3n) is 2.89. The molecule has 0 fully saturated rings. The van der Waals surface area contributed by atoms with Crippen molar-refractivity contribution < 1.29 is 17.6 Å². The minimum absolute atomic E-state index is 0.0363. The van der Waals surface area contributed by atoms with Crippen LogP contribution in [-0.4, -0.2) is 9.97 Å². The van der Waals surface area contributed by atoms with E-state index < -0.39 is 17.6 Å². The molecular weight excluding hydrogens is 304 g/mol. The number of nitrogens with zero attached hydrogens (tertiary/aromatic N) is 1. The van der Waals surface area contributed by atoms with Gasteiger partial charge in [-0.2, -0.15) is 13.2 Å². The maximum atomic E-state index is 13.3. The second-order valence-corrected chi connectivity index (χ2v) is 5.28. The van der Waals surface area contributed by atoms with Crippen LogP contribution in [0.15, 0.2) is 24.3 Å². The van der Waals surface area contributed by atoms with Crippen LogP contribution in [0.1, 0.15) is 31.2 Å². The van der Waals surface area contributed by atoms with Crippen LogP contribution < -0.4 is 0 Å².